The van der Waals surface area contributed by atoms with Gasteiger partial charge in [0.2, 0.25) is 0 Å². The molecule has 4 nitrogen and oxygen atoms in total. The summed E-state index contributed by atoms with van der Waals surface area (Å²) in [5.74, 6) is 0.0172. The number of nitrogens with zero attached hydrogens (tertiary/aromatic N) is 1. The van der Waals surface area contributed by atoms with Crippen LogP contribution in [0.15, 0.2) is 18.2 Å². The van der Waals surface area contributed by atoms with Crippen molar-refractivity contribution in [3.05, 3.63) is 34.9 Å². The van der Waals surface area contributed by atoms with E-state index in [0.29, 0.717) is 25.3 Å². The number of aliphatic hydroxyl groups excluding tert-OH is 1. The van der Waals surface area contributed by atoms with Gasteiger partial charge in [-0.3, -0.25) is 4.79 Å². The Morgan fingerprint density at radius 2 is 2.06 bits per heavy atom. The molecular formula is C14H19NO3. The number of rotatable bonds is 2. The number of benzene rings is 1. The molecule has 0 bridgehead atoms. The van der Waals surface area contributed by atoms with E-state index in [1.807, 2.05) is 32.0 Å². The van der Waals surface area contributed by atoms with Crippen LogP contribution in [0.1, 0.15) is 21.5 Å². The molecule has 1 heterocycles. The Morgan fingerprint density at radius 1 is 1.39 bits per heavy atom. The Morgan fingerprint density at radius 3 is 2.67 bits per heavy atom. The maximum Gasteiger partial charge on any atom is 0.254 e. The van der Waals surface area contributed by atoms with Gasteiger partial charge in [-0.1, -0.05) is 17.2 Å². The van der Waals surface area contributed by atoms with Gasteiger partial charge in [-0.15, -0.1) is 0 Å². The van der Waals surface area contributed by atoms with E-state index < -0.39 is 0 Å². The molecule has 1 aromatic carbocycles. The minimum absolute atomic E-state index is 0.0172. The van der Waals surface area contributed by atoms with Crippen molar-refractivity contribution in [2.45, 2.75) is 20.0 Å². The number of aliphatic hydroxyl groups is 1. The monoisotopic (exact) mass is 249 g/mol. The Bertz CT molecular complexity index is 424. The van der Waals surface area contributed by atoms with Crippen molar-refractivity contribution >= 4 is 5.91 Å². The summed E-state index contributed by atoms with van der Waals surface area (Å²) >= 11 is 0. The van der Waals surface area contributed by atoms with Crippen LogP contribution in [0, 0.1) is 13.8 Å². The Hall–Kier alpha value is -1.39. The molecule has 1 N–H and O–H groups in total. The van der Waals surface area contributed by atoms with Gasteiger partial charge in [-0.05, 0) is 26.0 Å². The smallest absolute Gasteiger partial charge is 0.254 e. The van der Waals surface area contributed by atoms with Gasteiger partial charge in [0.15, 0.2) is 0 Å². The van der Waals surface area contributed by atoms with Crippen molar-refractivity contribution in [3.8, 4) is 0 Å². The normalized spacial score (nSPS) is 19.9. The number of carbonyl (C=O) groups excluding carboxylic acids is 1. The van der Waals surface area contributed by atoms with Crippen LogP contribution < -0.4 is 0 Å². The first-order valence-electron chi connectivity index (χ1n) is 6.20. The summed E-state index contributed by atoms with van der Waals surface area (Å²) < 4.78 is 5.35. The highest BCUT2D eigenvalue weighted by Crippen LogP contribution is 2.14. The van der Waals surface area contributed by atoms with Crippen molar-refractivity contribution < 1.29 is 14.6 Å². The topological polar surface area (TPSA) is 49.8 Å². The maximum absolute atomic E-state index is 12.4. The molecule has 1 aliphatic rings. The lowest BCUT2D eigenvalue weighted by atomic mass is 10.1. The molecule has 98 valence electrons. The molecular weight excluding hydrogens is 230 g/mol. The SMILES string of the molecule is Cc1cc(C)cc(C(=O)N2CCOC(CO)C2)c1. The average molecular weight is 249 g/mol. The van der Waals surface area contributed by atoms with Crippen molar-refractivity contribution in [2.24, 2.45) is 0 Å². The summed E-state index contributed by atoms with van der Waals surface area (Å²) in [5, 5.41) is 9.09. The van der Waals surface area contributed by atoms with Gasteiger partial charge in [0.05, 0.1) is 19.3 Å². The van der Waals surface area contributed by atoms with Crippen molar-refractivity contribution in [1.29, 1.82) is 0 Å². The highest BCUT2D eigenvalue weighted by Gasteiger charge is 2.24. The minimum Gasteiger partial charge on any atom is -0.394 e. The molecule has 2 rings (SSSR count). The van der Waals surface area contributed by atoms with Crippen LogP contribution in [0.4, 0.5) is 0 Å². The fourth-order valence-corrected chi connectivity index (χ4v) is 2.29. The van der Waals surface area contributed by atoms with Gasteiger partial charge >= 0.3 is 0 Å². The number of hydrogen-bond acceptors (Lipinski definition) is 3. The second-order valence-corrected chi connectivity index (χ2v) is 4.80. The Labute approximate surface area is 107 Å². The molecule has 0 aliphatic carbocycles. The molecule has 1 aromatic rings. The standard InChI is InChI=1S/C14H19NO3/c1-10-5-11(2)7-12(6-10)14(17)15-3-4-18-13(8-15)9-16/h5-7,13,16H,3-4,8-9H2,1-2H3. The molecule has 18 heavy (non-hydrogen) atoms. The summed E-state index contributed by atoms with van der Waals surface area (Å²) in [6.07, 6.45) is -0.256. The third kappa shape index (κ3) is 2.89. The van der Waals surface area contributed by atoms with E-state index >= 15 is 0 Å². The molecule has 0 radical (unpaired) electrons. The second kappa shape index (κ2) is 5.50. The van der Waals surface area contributed by atoms with Gasteiger partial charge < -0.3 is 14.7 Å². The van der Waals surface area contributed by atoms with Crippen molar-refractivity contribution in [1.82, 2.24) is 4.90 Å². The predicted octanol–water partition coefficient (Wildman–Crippen LogP) is 1.14. The van der Waals surface area contributed by atoms with Gasteiger partial charge in [0.1, 0.15) is 0 Å². The van der Waals surface area contributed by atoms with Crippen LogP contribution in [0.2, 0.25) is 0 Å². The maximum atomic E-state index is 12.4. The van der Waals surface area contributed by atoms with Gasteiger partial charge in [0.25, 0.3) is 5.91 Å². The molecule has 1 unspecified atom stereocenters. The molecule has 1 fully saturated rings. The summed E-state index contributed by atoms with van der Waals surface area (Å²) in [6, 6.07) is 5.85. The van der Waals surface area contributed by atoms with Gasteiger partial charge in [0, 0.05) is 18.7 Å². The first kappa shape index (κ1) is 13.1. The van der Waals surface area contributed by atoms with Gasteiger partial charge in [-0.2, -0.15) is 0 Å². The fraction of sp³-hybridized carbons (Fsp3) is 0.500. The van der Waals surface area contributed by atoms with Crippen molar-refractivity contribution in [3.63, 3.8) is 0 Å². The average Bonchev–Trinajstić information content (AvgIpc) is 2.37. The zero-order chi connectivity index (χ0) is 13.1. The molecule has 1 saturated heterocycles. The molecule has 0 aromatic heterocycles. The van der Waals surface area contributed by atoms with Crippen LogP contribution in [-0.2, 0) is 4.74 Å². The largest absolute Gasteiger partial charge is 0.394 e. The summed E-state index contributed by atoms with van der Waals surface area (Å²) in [7, 11) is 0. The third-order valence-corrected chi connectivity index (χ3v) is 3.10. The molecule has 1 atom stereocenters. The third-order valence-electron chi connectivity index (χ3n) is 3.10. The molecule has 1 amide bonds. The lowest BCUT2D eigenvalue weighted by Gasteiger charge is -2.32. The summed E-state index contributed by atoms with van der Waals surface area (Å²) in [4.78, 5) is 14.1. The van der Waals surface area contributed by atoms with E-state index in [1.165, 1.54) is 0 Å². The lowest BCUT2D eigenvalue weighted by molar-refractivity contribution is -0.0447. The second-order valence-electron chi connectivity index (χ2n) is 4.80. The van der Waals surface area contributed by atoms with E-state index in [4.69, 9.17) is 9.84 Å². The number of aryl methyl sites for hydroxylation is 2. The van der Waals surface area contributed by atoms with Gasteiger partial charge in [-0.25, -0.2) is 0 Å². The molecule has 0 saturated carbocycles. The zero-order valence-corrected chi connectivity index (χ0v) is 10.8. The minimum atomic E-state index is -0.256. The number of ether oxygens (including phenoxy) is 1. The number of hydrogen-bond donors (Lipinski definition) is 1. The fourth-order valence-electron chi connectivity index (χ4n) is 2.29. The van der Waals surface area contributed by atoms with E-state index in [2.05, 4.69) is 0 Å². The van der Waals surface area contributed by atoms with Crippen LogP contribution >= 0.6 is 0 Å². The molecule has 0 spiro atoms. The number of carbonyl (C=O) groups is 1. The Kier molecular flexibility index (Phi) is 3.99. The number of amides is 1. The molecule has 1 aliphatic heterocycles. The predicted molar refractivity (Wildman–Crippen MR) is 68.6 cm³/mol. The summed E-state index contributed by atoms with van der Waals surface area (Å²) in [6.45, 7) is 5.46. The van der Waals surface area contributed by atoms with Crippen LogP contribution in [0.3, 0.4) is 0 Å². The molecule has 4 heteroatoms. The highest BCUT2D eigenvalue weighted by molar-refractivity contribution is 5.94. The number of morpholine rings is 1. The first-order chi connectivity index (χ1) is 8.60. The van der Waals surface area contributed by atoms with Crippen LogP contribution in [0.5, 0.6) is 0 Å². The van der Waals surface area contributed by atoms with Crippen molar-refractivity contribution in [2.75, 3.05) is 26.3 Å². The first-order valence-corrected chi connectivity index (χ1v) is 6.20. The quantitative estimate of drug-likeness (QED) is 0.855. The van der Waals surface area contributed by atoms with E-state index in [9.17, 15) is 4.79 Å². The zero-order valence-electron chi connectivity index (χ0n) is 10.8. The lowest BCUT2D eigenvalue weighted by Crippen LogP contribution is -2.46. The summed E-state index contributed by atoms with van der Waals surface area (Å²) in [5.41, 5.74) is 2.89. The van der Waals surface area contributed by atoms with E-state index in [-0.39, 0.29) is 18.6 Å². The highest BCUT2D eigenvalue weighted by atomic mass is 16.5. The van der Waals surface area contributed by atoms with Crippen LogP contribution in [0.25, 0.3) is 0 Å². The van der Waals surface area contributed by atoms with Crippen LogP contribution in [-0.4, -0.2) is 48.3 Å². The van der Waals surface area contributed by atoms with E-state index in [1.54, 1.807) is 4.90 Å². The Balaban J connectivity index is 2.15. The van der Waals surface area contributed by atoms with E-state index in [0.717, 1.165) is 11.1 Å².